The minimum Gasteiger partial charge on any atom is -0.496 e. The van der Waals surface area contributed by atoms with Crippen LogP contribution in [-0.2, 0) is 6.42 Å². The molecule has 0 aliphatic rings. The molecule has 0 aliphatic heterocycles. The van der Waals surface area contributed by atoms with Crippen LogP contribution in [0.3, 0.4) is 0 Å². The number of methoxy groups -OCH3 is 1. The summed E-state index contributed by atoms with van der Waals surface area (Å²) in [6.07, 6.45) is 0.316. The lowest BCUT2D eigenvalue weighted by Gasteiger charge is -2.07. The monoisotopic (exact) mass is 245 g/mol. The van der Waals surface area contributed by atoms with E-state index in [0.717, 1.165) is 22.6 Å². The van der Waals surface area contributed by atoms with Crippen LogP contribution < -0.4 is 10.5 Å². The van der Waals surface area contributed by atoms with Crippen LogP contribution in [0.25, 0.3) is 11.3 Å². The maximum absolute atomic E-state index is 8.77. The van der Waals surface area contributed by atoms with Crippen molar-refractivity contribution in [1.82, 2.24) is 4.98 Å². The lowest BCUT2D eigenvalue weighted by molar-refractivity contribution is 0.411. The van der Waals surface area contributed by atoms with E-state index in [9.17, 15) is 0 Å². The highest BCUT2D eigenvalue weighted by Crippen LogP contribution is 2.28. The van der Waals surface area contributed by atoms with E-state index in [1.165, 1.54) is 11.3 Å². The van der Waals surface area contributed by atoms with Crippen molar-refractivity contribution in [2.45, 2.75) is 6.42 Å². The van der Waals surface area contributed by atoms with Crippen molar-refractivity contribution in [3.63, 3.8) is 0 Å². The van der Waals surface area contributed by atoms with E-state index in [4.69, 9.17) is 15.7 Å². The minimum absolute atomic E-state index is 0.316. The molecule has 1 aromatic heterocycles. The number of nitrogen functional groups attached to an aromatic ring is 1. The summed E-state index contributed by atoms with van der Waals surface area (Å²) in [4.78, 5) is 4.21. The van der Waals surface area contributed by atoms with Crippen LogP contribution in [0.2, 0.25) is 0 Å². The standard InChI is InChI=1S/C12H11N3OS/c1-16-11-3-2-8(6-9(11)4-5-13)10-7-17-12(14)15-10/h2-3,6-7H,4H2,1H3,(H2,14,15). The molecular formula is C12H11N3OS. The molecule has 2 N–H and O–H groups in total. The van der Waals surface area contributed by atoms with E-state index in [0.29, 0.717) is 11.6 Å². The van der Waals surface area contributed by atoms with Gasteiger partial charge in [0.25, 0.3) is 0 Å². The molecule has 5 heteroatoms. The molecule has 0 radical (unpaired) electrons. The van der Waals surface area contributed by atoms with Crippen LogP contribution in [-0.4, -0.2) is 12.1 Å². The third kappa shape index (κ3) is 2.37. The summed E-state index contributed by atoms with van der Waals surface area (Å²) in [7, 11) is 1.59. The Hall–Kier alpha value is -2.06. The van der Waals surface area contributed by atoms with E-state index < -0.39 is 0 Å². The fraction of sp³-hybridized carbons (Fsp3) is 0.167. The average molecular weight is 245 g/mol. The minimum atomic E-state index is 0.316. The van der Waals surface area contributed by atoms with Crippen LogP contribution in [0.4, 0.5) is 5.13 Å². The van der Waals surface area contributed by atoms with Crippen molar-refractivity contribution in [1.29, 1.82) is 5.26 Å². The summed E-state index contributed by atoms with van der Waals surface area (Å²) in [5.74, 6) is 0.721. The number of hydrogen-bond donors (Lipinski definition) is 1. The lowest BCUT2D eigenvalue weighted by Crippen LogP contribution is -1.92. The second-order valence-corrected chi connectivity index (χ2v) is 4.32. The highest BCUT2D eigenvalue weighted by Gasteiger charge is 2.07. The Labute approximate surface area is 103 Å². The number of aromatic nitrogens is 1. The number of nitrogens with zero attached hydrogens (tertiary/aromatic N) is 2. The first kappa shape index (κ1) is 11.4. The normalized spacial score (nSPS) is 9.88. The maximum Gasteiger partial charge on any atom is 0.180 e. The van der Waals surface area contributed by atoms with Crippen molar-refractivity contribution < 1.29 is 4.74 Å². The molecule has 2 rings (SSSR count). The number of ether oxygens (including phenoxy) is 1. The molecule has 0 saturated carbocycles. The Bertz CT molecular complexity index is 571. The average Bonchev–Trinajstić information content (AvgIpc) is 2.76. The van der Waals surface area contributed by atoms with Gasteiger partial charge < -0.3 is 10.5 Å². The number of hydrogen-bond acceptors (Lipinski definition) is 5. The van der Waals surface area contributed by atoms with Gasteiger partial charge in [0.15, 0.2) is 5.13 Å². The molecule has 0 amide bonds. The van der Waals surface area contributed by atoms with E-state index in [-0.39, 0.29) is 0 Å². The maximum atomic E-state index is 8.77. The van der Waals surface area contributed by atoms with E-state index in [1.54, 1.807) is 7.11 Å². The van der Waals surface area contributed by atoms with Crippen molar-refractivity contribution >= 4 is 16.5 Å². The summed E-state index contributed by atoms with van der Waals surface area (Å²) in [6, 6.07) is 7.79. The predicted molar refractivity (Wildman–Crippen MR) is 67.8 cm³/mol. The molecule has 0 atom stereocenters. The Morgan fingerprint density at radius 3 is 2.94 bits per heavy atom. The third-order valence-corrected chi connectivity index (χ3v) is 3.04. The van der Waals surface area contributed by atoms with Crippen LogP contribution in [0.5, 0.6) is 5.75 Å². The number of rotatable bonds is 3. The predicted octanol–water partition coefficient (Wildman–Crippen LogP) is 2.47. The van der Waals surface area contributed by atoms with Crippen LogP contribution in [0.15, 0.2) is 23.6 Å². The van der Waals surface area contributed by atoms with Crippen LogP contribution in [0, 0.1) is 11.3 Å². The van der Waals surface area contributed by atoms with E-state index >= 15 is 0 Å². The number of benzene rings is 1. The van der Waals surface area contributed by atoms with Crippen LogP contribution in [0.1, 0.15) is 5.56 Å². The van der Waals surface area contributed by atoms with Gasteiger partial charge in [-0.05, 0) is 18.2 Å². The summed E-state index contributed by atoms with van der Waals surface area (Å²) < 4.78 is 5.20. The van der Waals surface area contributed by atoms with Gasteiger partial charge in [-0.15, -0.1) is 11.3 Å². The van der Waals surface area contributed by atoms with E-state index in [2.05, 4.69) is 11.1 Å². The van der Waals surface area contributed by atoms with Gasteiger partial charge in [-0.2, -0.15) is 5.26 Å². The summed E-state index contributed by atoms with van der Waals surface area (Å²) in [5.41, 5.74) is 8.24. The third-order valence-electron chi connectivity index (χ3n) is 2.37. The summed E-state index contributed by atoms with van der Waals surface area (Å²) >= 11 is 1.40. The molecule has 0 bridgehead atoms. The Balaban J connectivity index is 2.43. The largest absolute Gasteiger partial charge is 0.496 e. The molecule has 86 valence electrons. The fourth-order valence-electron chi connectivity index (χ4n) is 1.58. The number of anilines is 1. The molecule has 0 unspecified atom stereocenters. The molecule has 4 nitrogen and oxygen atoms in total. The zero-order valence-corrected chi connectivity index (χ0v) is 10.1. The number of nitriles is 1. The molecule has 0 fully saturated rings. The zero-order valence-electron chi connectivity index (χ0n) is 9.30. The molecule has 1 heterocycles. The van der Waals surface area contributed by atoms with Gasteiger partial charge in [0, 0.05) is 16.5 Å². The highest BCUT2D eigenvalue weighted by molar-refractivity contribution is 7.13. The Morgan fingerprint density at radius 1 is 1.53 bits per heavy atom. The zero-order chi connectivity index (χ0) is 12.3. The molecule has 1 aromatic carbocycles. The number of thiazole rings is 1. The quantitative estimate of drug-likeness (QED) is 0.901. The van der Waals surface area contributed by atoms with Gasteiger partial charge in [-0.25, -0.2) is 4.98 Å². The van der Waals surface area contributed by atoms with Crippen molar-refractivity contribution in [2.75, 3.05) is 12.8 Å². The second kappa shape index (κ2) is 4.85. The fourth-order valence-corrected chi connectivity index (χ4v) is 2.15. The topological polar surface area (TPSA) is 71.9 Å². The first-order chi connectivity index (χ1) is 8.24. The number of nitrogens with two attached hydrogens (primary N) is 1. The Morgan fingerprint density at radius 2 is 2.35 bits per heavy atom. The molecule has 0 aliphatic carbocycles. The van der Waals surface area contributed by atoms with Crippen LogP contribution >= 0.6 is 11.3 Å². The molecular weight excluding hydrogens is 234 g/mol. The molecule has 0 spiro atoms. The van der Waals surface area contributed by atoms with Gasteiger partial charge in [-0.1, -0.05) is 0 Å². The smallest absolute Gasteiger partial charge is 0.180 e. The second-order valence-electron chi connectivity index (χ2n) is 3.43. The molecule has 17 heavy (non-hydrogen) atoms. The van der Waals surface area contributed by atoms with Gasteiger partial charge >= 0.3 is 0 Å². The van der Waals surface area contributed by atoms with Gasteiger partial charge in [0.1, 0.15) is 5.75 Å². The summed E-state index contributed by atoms with van der Waals surface area (Å²) in [5, 5.41) is 11.2. The van der Waals surface area contributed by atoms with E-state index in [1.807, 2.05) is 23.6 Å². The van der Waals surface area contributed by atoms with Crippen molar-refractivity contribution in [3.8, 4) is 23.1 Å². The highest BCUT2D eigenvalue weighted by atomic mass is 32.1. The van der Waals surface area contributed by atoms with Gasteiger partial charge in [0.2, 0.25) is 0 Å². The molecule has 0 saturated heterocycles. The Kier molecular flexibility index (Phi) is 3.26. The first-order valence-electron chi connectivity index (χ1n) is 5.00. The van der Waals surface area contributed by atoms with Crippen molar-refractivity contribution in [2.24, 2.45) is 0 Å². The lowest BCUT2D eigenvalue weighted by atomic mass is 10.1. The SMILES string of the molecule is COc1ccc(-c2csc(N)n2)cc1CC#N. The van der Waals surface area contributed by atoms with Gasteiger partial charge in [0.05, 0.1) is 25.3 Å². The molecule has 2 aromatic rings. The summed E-state index contributed by atoms with van der Waals surface area (Å²) in [6.45, 7) is 0. The van der Waals surface area contributed by atoms with Crippen molar-refractivity contribution in [3.05, 3.63) is 29.1 Å². The van der Waals surface area contributed by atoms with Gasteiger partial charge in [-0.3, -0.25) is 0 Å². The first-order valence-corrected chi connectivity index (χ1v) is 5.88.